The van der Waals surface area contributed by atoms with Crippen LogP contribution in [0.3, 0.4) is 0 Å². The van der Waals surface area contributed by atoms with Crippen molar-refractivity contribution in [3.63, 3.8) is 0 Å². The molecule has 0 aromatic heterocycles. The van der Waals surface area contributed by atoms with E-state index < -0.39 is 16.5 Å². The highest BCUT2D eigenvalue weighted by atomic mass is 28.4. The zero-order valence-corrected chi connectivity index (χ0v) is 20.3. The largest absolute Gasteiger partial charge is 0.380 e. The quantitative estimate of drug-likeness (QED) is 0.263. The van der Waals surface area contributed by atoms with Crippen molar-refractivity contribution in [1.29, 1.82) is 0 Å². The Kier molecular flexibility index (Phi) is 12.2. The Labute approximate surface area is 149 Å². The van der Waals surface area contributed by atoms with Gasteiger partial charge in [-0.1, -0.05) is 45.3 Å². The molecular weight excluding hydrogens is 338 g/mol. The van der Waals surface area contributed by atoms with Crippen molar-refractivity contribution in [2.24, 2.45) is 0 Å². The number of nitrogens with zero attached hydrogens (tertiary/aromatic N) is 1. The zero-order valence-electron chi connectivity index (χ0n) is 16.9. The highest BCUT2D eigenvalue weighted by molar-refractivity contribution is 6.89. The maximum atomic E-state index is 5.90. The van der Waals surface area contributed by atoms with Gasteiger partial charge in [0.15, 0.2) is 0 Å². The minimum atomic E-state index is -1.24. The molecule has 0 N–H and O–H groups in total. The van der Waals surface area contributed by atoms with Crippen LogP contribution in [0.2, 0.25) is 45.3 Å². The molecule has 0 unspecified atom stereocenters. The molecule has 0 heterocycles. The molecular formula is C16H41NO3Si3. The fourth-order valence-corrected chi connectivity index (χ4v) is 14.2. The van der Waals surface area contributed by atoms with Gasteiger partial charge in [0, 0.05) is 26.4 Å². The van der Waals surface area contributed by atoms with E-state index in [1.165, 1.54) is 6.04 Å². The minimum Gasteiger partial charge on any atom is -0.380 e. The standard InChI is InChI=1S/C16H41NO3Si3/c1-9-19-16(20-10-2)21-15-11-13-18-14-12-17(22(3,4)5)23(6,7)8/h16H,9-15,21H2,1-8H3. The maximum absolute atomic E-state index is 5.90. The molecule has 0 bridgehead atoms. The summed E-state index contributed by atoms with van der Waals surface area (Å²) in [6, 6.07) is 1.23. The van der Waals surface area contributed by atoms with Gasteiger partial charge in [-0.25, -0.2) is 0 Å². The first-order valence-electron chi connectivity index (χ1n) is 9.21. The van der Waals surface area contributed by atoms with Crippen LogP contribution in [0, 0.1) is 0 Å². The van der Waals surface area contributed by atoms with Crippen molar-refractivity contribution < 1.29 is 14.2 Å². The summed E-state index contributed by atoms with van der Waals surface area (Å²) in [6.07, 6.45) is 1.14. The van der Waals surface area contributed by atoms with Gasteiger partial charge in [0.2, 0.25) is 0 Å². The number of ether oxygens (including phenoxy) is 3. The van der Waals surface area contributed by atoms with Crippen LogP contribution < -0.4 is 0 Å². The van der Waals surface area contributed by atoms with Crippen LogP contribution in [0.15, 0.2) is 0 Å². The molecule has 0 fully saturated rings. The summed E-state index contributed by atoms with van der Waals surface area (Å²) >= 11 is 0. The van der Waals surface area contributed by atoms with Gasteiger partial charge in [-0.05, 0) is 20.3 Å². The summed E-state index contributed by atoms with van der Waals surface area (Å²) in [6.45, 7) is 23.1. The van der Waals surface area contributed by atoms with Gasteiger partial charge < -0.3 is 18.4 Å². The number of hydrogen-bond donors (Lipinski definition) is 0. The normalized spacial score (nSPS) is 13.8. The summed E-state index contributed by atoms with van der Waals surface area (Å²) in [5.74, 6) is 0.0965. The van der Waals surface area contributed by atoms with Gasteiger partial charge in [0.1, 0.15) is 22.4 Å². The Morgan fingerprint density at radius 3 is 1.83 bits per heavy atom. The van der Waals surface area contributed by atoms with E-state index in [0.29, 0.717) is 0 Å². The second-order valence-electron chi connectivity index (χ2n) is 7.94. The van der Waals surface area contributed by atoms with E-state index in [4.69, 9.17) is 14.2 Å². The molecule has 0 amide bonds. The van der Waals surface area contributed by atoms with Crippen molar-refractivity contribution in [2.45, 2.75) is 71.5 Å². The van der Waals surface area contributed by atoms with Crippen LogP contribution in [-0.2, 0) is 14.2 Å². The summed E-state index contributed by atoms with van der Waals surface area (Å²) in [5, 5.41) is 0. The van der Waals surface area contributed by atoms with Gasteiger partial charge in [0.05, 0.1) is 16.1 Å². The first-order valence-corrected chi connectivity index (χ1v) is 17.9. The molecule has 140 valence electrons. The molecule has 23 heavy (non-hydrogen) atoms. The van der Waals surface area contributed by atoms with Crippen molar-refractivity contribution in [2.75, 3.05) is 33.0 Å². The van der Waals surface area contributed by atoms with E-state index in [-0.39, 0.29) is 15.4 Å². The molecule has 0 aromatic carbocycles. The Bertz CT molecular complexity index is 273. The van der Waals surface area contributed by atoms with E-state index in [1.54, 1.807) is 0 Å². The van der Waals surface area contributed by atoms with Gasteiger partial charge >= 0.3 is 0 Å². The first-order chi connectivity index (χ1) is 10.6. The number of hydrogen-bond acceptors (Lipinski definition) is 4. The predicted molar refractivity (Wildman–Crippen MR) is 109 cm³/mol. The molecule has 0 aliphatic rings. The Hall–Kier alpha value is 0.491. The summed E-state index contributed by atoms with van der Waals surface area (Å²) < 4.78 is 19.9. The molecule has 0 radical (unpaired) electrons. The molecule has 0 atom stereocenters. The molecule has 7 heteroatoms. The first kappa shape index (κ1) is 23.5. The lowest BCUT2D eigenvalue weighted by atomic mass is 10.5. The van der Waals surface area contributed by atoms with E-state index in [0.717, 1.165) is 39.4 Å². The van der Waals surface area contributed by atoms with Crippen LogP contribution in [0.4, 0.5) is 0 Å². The van der Waals surface area contributed by atoms with E-state index in [9.17, 15) is 0 Å². The lowest BCUT2D eigenvalue weighted by Crippen LogP contribution is -2.59. The Morgan fingerprint density at radius 2 is 1.39 bits per heavy atom. The van der Waals surface area contributed by atoms with Crippen LogP contribution >= 0.6 is 0 Å². The third-order valence-electron chi connectivity index (χ3n) is 3.76. The van der Waals surface area contributed by atoms with Crippen LogP contribution in [-0.4, -0.2) is 69.1 Å². The van der Waals surface area contributed by atoms with Crippen molar-refractivity contribution in [3.8, 4) is 0 Å². The van der Waals surface area contributed by atoms with Crippen molar-refractivity contribution in [1.82, 2.24) is 4.23 Å². The molecule has 4 nitrogen and oxygen atoms in total. The monoisotopic (exact) mass is 379 g/mol. The van der Waals surface area contributed by atoms with Gasteiger partial charge in [-0.3, -0.25) is 0 Å². The zero-order chi connectivity index (χ0) is 17.9. The molecule has 0 aliphatic heterocycles. The fraction of sp³-hybridized carbons (Fsp3) is 1.00. The maximum Gasteiger partial charge on any atom is 0.134 e. The lowest BCUT2D eigenvalue weighted by molar-refractivity contribution is -0.0828. The number of rotatable bonds is 14. The van der Waals surface area contributed by atoms with Crippen molar-refractivity contribution >= 4 is 26.0 Å². The third kappa shape index (κ3) is 11.6. The smallest absolute Gasteiger partial charge is 0.134 e. The lowest BCUT2D eigenvalue weighted by Gasteiger charge is -2.43. The van der Waals surface area contributed by atoms with Gasteiger partial charge in [-0.2, -0.15) is 0 Å². The topological polar surface area (TPSA) is 30.9 Å². The van der Waals surface area contributed by atoms with E-state index in [2.05, 4.69) is 43.5 Å². The van der Waals surface area contributed by atoms with E-state index >= 15 is 0 Å². The van der Waals surface area contributed by atoms with Crippen molar-refractivity contribution in [3.05, 3.63) is 0 Å². The second kappa shape index (κ2) is 11.9. The SMILES string of the molecule is CCOC(OCC)[SiH2]CCCOCCN([Si](C)(C)C)[Si](C)(C)C. The highest BCUT2D eigenvalue weighted by Gasteiger charge is 2.33. The molecule has 0 aliphatic carbocycles. The van der Waals surface area contributed by atoms with Gasteiger partial charge in [0.25, 0.3) is 0 Å². The average Bonchev–Trinajstić information content (AvgIpc) is 2.39. The predicted octanol–water partition coefficient (Wildman–Crippen LogP) is 3.31. The second-order valence-corrected chi connectivity index (χ2v) is 20.1. The van der Waals surface area contributed by atoms with Crippen LogP contribution in [0.25, 0.3) is 0 Å². The molecule has 0 aromatic rings. The summed E-state index contributed by atoms with van der Waals surface area (Å²) in [5.41, 5.74) is 0. The fourth-order valence-electron chi connectivity index (χ4n) is 3.04. The van der Waals surface area contributed by atoms with E-state index in [1.807, 2.05) is 13.8 Å². The molecule has 0 saturated carbocycles. The van der Waals surface area contributed by atoms with Crippen LogP contribution in [0.1, 0.15) is 20.3 Å². The molecule has 0 saturated heterocycles. The minimum absolute atomic E-state index is 0.0965. The molecule has 0 spiro atoms. The molecule has 0 rings (SSSR count). The Balaban J connectivity index is 3.87. The highest BCUT2D eigenvalue weighted by Crippen LogP contribution is 2.19. The Morgan fingerprint density at radius 1 is 0.870 bits per heavy atom. The van der Waals surface area contributed by atoms with Gasteiger partial charge in [-0.15, -0.1) is 0 Å². The average molecular weight is 380 g/mol. The van der Waals surface area contributed by atoms with Crippen LogP contribution in [0.5, 0.6) is 0 Å². The third-order valence-corrected chi connectivity index (χ3v) is 13.3. The summed E-state index contributed by atoms with van der Waals surface area (Å²) in [4.78, 5) is 0. The summed E-state index contributed by atoms with van der Waals surface area (Å²) in [7, 11) is -2.80.